The molecule has 10 heteroatoms. The zero-order valence-corrected chi connectivity index (χ0v) is 38.2. The highest BCUT2D eigenvalue weighted by Crippen LogP contribution is 2.45. The summed E-state index contributed by atoms with van der Waals surface area (Å²) in [5.74, 6) is -2.84. The number of fused-ring (bicyclic) bond motifs is 2. The number of epoxide rings is 2. The summed E-state index contributed by atoms with van der Waals surface area (Å²) in [6.45, 7) is 6.15. The van der Waals surface area contributed by atoms with Gasteiger partial charge in [0.25, 0.3) is 0 Å². The predicted octanol–water partition coefficient (Wildman–Crippen LogP) is 11.7. The van der Waals surface area contributed by atoms with Crippen molar-refractivity contribution in [2.45, 2.75) is 244 Å². The first-order valence-electron chi connectivity index (χ1n) is 25.4. The summed E-state index contributed by atoms with van der Waals surface area (Å²) in [6, 6.07) is 0. The standard InChI is InChI=1S/C50H86O10/c1-3-5-7-9-11-19-23-27-31-55-47(51)39-35-43-45(59-43)37-41(39)49(53)57-33-29-25-21-17-15-13-14-16-18-22-26-30-34-58-50(54)42-38-46-44(60-46)36-40(42)48(52)56-32-28-24-20-12-10-8-6-4-2/h39-46H,3-38H2,1-2H3. The molecule has 2 saturated heterocycles. The van der Waals surface area contributed by atoms with Gasteiger partial charge in [0, 0.05) is 0 Å². The topological polar surface area (TPSA) is 130 Å². The van der Waals surface area contributed by atoms with E-state index in [1.54, 1.807) is 0 Å². The summed E-state index contributed by atoms with van der Waals surface area (Å²) >= 11 is 0. The van der Waals surface area contributed by atoms with E-state index in [0.29, 0.717) is 52.1 Å². The van der Waals surface area contributed by atoms with Gasteiger partial charge in [-0.05, 0) is 51.4 Å². The third kappa shape index (κ3) is 20.3. The van der Waals surface area contributed by atoms with Crippen molar-refractivity contribution in [1.82, 2.24) is 0 Å². The monoisotopic (exact) mass is 847 g/mol. The Hall–Kier alpha value is -2.20. The lowest BCUT2D eigenvalue weighted by Crippen LogP contribution is -2.37. The van der Waals surface area contributed by atoms with Gasteiger partial charge < -0.3 is 28.4 Å². The molecule has 0 aromatic carbocycles. The molecule has 346 valence electrons. The molecule has 0 bridgehead atoms. The second kappa shape index (κ2) is 30.8. The molecule has 2 saturated carbocycles. The number of carbonyl (C=O) groups is 4. The maximum atomic E-state index is 13.0. The fourth-order valence-corrected chi connectivity index (χ4v) is 9.45. The van der Waals surface area contributed by atoms with Gasteiger partial charge in [-0.25, -0.2) is 0 Å². The van der Waals surface area contributed by atoms with Crippen molar-refractivity contribution in [2.75, 3.05) is 26.4 Å². The molecule has 10 nitrogen and oxygen atoms in total. The summed E-state index contributed by atoms with van der Waals surface area (Å²) in [5.41, 5.74) is 0. The third-order valence-electron chi connectivity index (χ3n) is 13.5. The molecule has 4 fully saturated rings. The minimum Gasteiger partial charge on any atom is -0.465 e. The Morgan fingerprint density at radius 3 is 0.700 bits per heavy atom. The molecule has 60 heavy (non-hydrogen) atoms. The number of hydrogen-bond acceptors (Lipinski definition) is 10. The number of esters is 4. The second-order valence-electron chi connectivity index (χ2n) is 18.7. The van der Waals surface area contributed by atoms with E-state index >= 15 is 0 Å². The Morgan fingerprint density at radius 2 is 0.500 bits per heavy atom. The zero-order valence-electron chi connectivity index (χ0n) is 38.2. The molecule has 0 spiro atoms. The van der Waals surface area contributed by atoms with Crippen LogP contribution in [0, 0.1) is 23.7 Å². The van der Waals surface area contributed by atoms with Crippen LogP contribution in [0.3, 0.4) is 0 Å². The van der Waals surface area contributed by atoms with Crippen LogP contribution in [0.25, 0.3) is 0 Å². The van der Waals surface area contributed by atoms with Gasteiger partial charge in [0.1, 0.15) is 0 Å². The summed E-state index contributed by atoms with van der Waals surface area (Å²) in [6.07, 6.45) is 35.2. The Morgan fingerprint density at radius 1 is 0.317 bits per heavy atom. The highest BCUT2D eigenvalue weighted by atomic mass is 16.6. The van der Waals surface area contributed by atoms with Gasteiger partial charge in [-0.1, -0.05) is 168 Å². The quantitative estimate of drug-likeness (QED) is 0.0258. The minimum atomic E-state index is -0.453. The largest absolute Gasteiger partial charge is 0.465 e. The van der Waals surface area contributed by atoms with Gasteiger partial charge >= 0.3 is 23.9 Å². The minimum absolute atomic E-state index is 0.0900. The van der Waals surface area contributed by atoms with Crippen LogP contribution in [0.4, 0.5) is 0 Å². The Labute approximate surface area is 364 Å². The van der Waals surface area contributed by atoms with Gasteiger partial charge in [0.05, 0.1) is 74.5 Å². The first kappa shape index (κ1) is 50.4. The molecular weight excluding hydrogens is 761 g/mol. The number of unbranched alkanes of at least 4 members (excludes halogenated alkanes) is 25. The Bertz CT molecular complexity index is 1100. The van der Waals surface area contributed by atoms with E-state index in [1.807, 2.05) is 0 Å². The van der Waals surface area contributed by atoms with Crippen molar-refractivity contribution in [3.63, 3.8) is 0 Å². The van der Waals surface area contributed by atoms with Crippen LogP contribution in [0.15, 0.2) is 0 Å². The average molecular weight is 847 g/mol. The van der Waals surface area contributed by atoms with Gasteiger partial charge in [0.15, 0.2) is 0 Å². The normalized spacial score (nSPS) is 25.2. The number of carbonyl (C=O) groups excluding carboxylic acids is 4. The van der Waals surface area contributed by atoms with Crippen molar-refractivity contribution in [1.29, 1.82) is 0 Å². The molecule has 2 aliphatic heterocycles. The van der Waals surface area contributed by atoms with Crippen LogP contribution in [0.5, 0.6) is 0 Å². The summed E-state index contributed by atoms with van der Waals surface area (Å²) in [4.78, 5) is 51.9. The van der Waals surface area contributed by atoms with E-state index in [1.165, 1.54) is 116 Å². The molecule has 4 aliphatic rings. The van der Waals surface area contributed by atoms with Crippen LogP contribution in [-0.2, 0) is 47.6 Å². The smallest absolute Gasteiger partial charge is 0.309 e. The SMILES string of the molecule is CCCCCCCCCCOC(=O)C1CC2OC2CC1C(=O)OCCCCCCCCCCCCCCOC(=O)C1CC2OC2CC1C(=O)OCCCCCCCCCC. The molecular formula is C50H86O10. The summed E-state index contributed by atoms with van der Waals surface area (Å²) < 4.78 is 34.0. The van der Waals surface area contributed by atoms with E-state index < -0.39 is 23.7 Å². The van der Waals surface area contributed by atoms with Gasteiger partial charge in [-0.2, -0.15) is 0 Å². The number of hydrogen-bond donors (Lipinski definition) is 0. The Balaban J connectivity index is 0.922. The van der Waals surface area contributed by atoms with E-state index in [-0.39, 0.29) is 48.3 Å². The maximum absolute atomic E-state index is 13.0. The van der Waals surface area contributed by atoms with Gasteiger partial charge in [0.2, 0.25) is 0 Å². The lowest BCUT2D eigenvalue weighted by molar-refractivity contribution is -0.162. The van der Waals surface area contributed by atoms with Gasteiger partial charge in [-0.3, -0.25) is 19.2 Å². The van der Waals surface area contributed by atoms with Gasteiger partial charge in [-0.15, -0.1) is 0 Å². The first-order chi connectivity index (χ1) is 29.4. The van der Waals surface area contributed by atoms with Crippen LogP contribution in [-0.4, -0.2) is 74.7 Å². The number of rotatable bonds is 37. The fraction of sp³-hybridized carbons (Fsp3) is 0.920. The lowest BCUT2D eigenvalue weighted by atomic mass is 9.79. The van der Waals surface area contributed by atoms with E-state index in [9.17, 15) is 19.2 Å². The lowest BCUT2D eigenvalue weighted by Gasteiger charge is -2.26. The van der Waals surface area contributed by atoms with E-state index in [2.05, 4.69) is 13.8 Å². The van der Waals surface area contributed by atoms with Crippen molar-refractivity contribution in [3.05, 3.63) is 0 Å². The molecule has 0 radical (unpaired) electrons. The molecule has 4 rings (SSSR count). The maximum Gasteiger partial charge on any atom is 0.309 e. The highest BCUT2D eigenvalue weighted by molar-refractivity contribution is 5.83. The molecule has 0 aromatic heterocycles. The van der Waals surface area contributed by atoms with Crippen LogP contribution in [0.2, 0.25) is 0 Å². The summed E-state index contributed by atoms with van der Waals surface area (Å²) in [7, 11) is 0. The van der Waals surface area contributed by atoms with Crippen molar-refractivity contribution in [3.8, 4) is 0 Å². The van der Waals surface area contributed by atoms with E-state index in [0.717, 1.165) is 64.2 Å². The third-order valence-corrected chi connectivity index (χ3v) is 13.5. The van der Waals surface area contributed by atoms with Crippen molar-refractivity contribution < 1.29 is 47.6 Å². The van der Waals surface area contributed by atoms with E-state index in [4.69, 9.17) is 28.4 Å². The molecule has 2 aliphatic carbocycles. The molecule has 0 N–H and O–H groups in total. The number of ether oxygens (including phenoxy) is 6. The molecule has 0 aromatic rings. The first-order valence-corrected chi connectivity index (χ1v) is 25.4. The molecule has 0 amide bonds. The van der Waals surface area contributed by atoms with Crippen molar-refractivity contribution >= 4 is 23.9 Å². The zero-order chi connectivity index (χ0) is 42.6. The molecule has 2 heterocycles. The predicted molar refractivity (Wildman–Crippen MR) is 234 cm³/mol. The second-order valence-corrected chi connectivity index (χ2v) is 18.7. The fourth-order valence-electron chi connectivity index (χ4n) is 9.45. The average Bonchev–Trinajstić information content (AvgIpc) is 4.19. The molecule has 8 atom stereocenters. The Kier molecular flexibility index (Phi) is 25.9. The van der Waals surface area contributed by atoms with Crippen LogP contribution >= 0.6 is 0 Å². The van der Waals surface area contributed by atoms with Crippen LogP contribution in [0.1, 0.15) is 219 Å². The van der Waals surface area contributed by atoms with Crippen LogP contribution < -0.4 is 0 Å². The molecule has 8 unspecified atom stereocenters. The van der Waals surface area contributed by atoms with Crippen molar-refractivity contribution in [2.24, 2.45) is 23.7 Å². The highest BCUT2D eigenvalue weighted by Gasteiger charge is 2.54. The summed E-state index contributed by atoms with van der Waals surface area (Å²) in [5, 5.41) is 0.